The lowest BCUT2D eigenvalue weighted by molar-refractivity contribution is -0.113. The smallest absolute Gasteiger partial charge is 0.234 e. The molecule has 3 aromatic rings. The number of nitrogens with one attached hydrogen (secondary N) is 1. The molecule has 0 fully saturated rings. The Morgan fingerprint density at radius 3 is 2.62 bits per heavy atom. The fourth-order valence-corrected chi connectivity index (χ4v) is 3.52. The molecule has 3 rings (SSSR count). The van der Waals surface area contributed by atoms with Gasteiger partial charge in [-0.1, -0.05) is 23.4 Å². The van der Waals surface area contributed by atoms with Gasteiger partial charge in [-0.15, -0.1) is 0 Å². The molecule has 0 aliphatic carbocycles. The van der Waals surface area contributed by atoms with Crippen molar-refractivity contribution in [1.29, 1.82) is 5.26 Å². The summed E-state index contributed by atoms with van der Waals surface area (Å²) >= 11 is 6.83. The summed E-state index contributed by atoms with van der Waals surface area (Å²) in [6.45, 7) is 0. The number of methoxy groups -OCH3 is 2. The lowest BCUT2D eigenvalue weighted by Gasteiger charge is -2.11. The Hall–Kier alpha value is -3.02. The molecule has 1 heterocycles. The van der Waals surface area contributed by atoms with Gasteiger partial charge in [0.25, 0.3) is 0 Å². The lowest BCUT2D eigenvalue weighted by atomic mass is 10.1. The molecule has 0 aliphatic heterocycles. The number of rotatable bonds is 6. The first-order chi connectivity index (χ1) is 13.9. The van der Waals surface area contributed by atoms with Gasteiger partial charge >= 0.3 is 0 Å². The van der Waals surface area contributed by atoms with Gasteiger partial charge in [-0.2, -0.15) is 5.26 Å². The molecular weight excluding hydrogens is 417 g/mol. The molecule has 1 N–H and O–H groups in total. The van der Waals surface area contributed by atoms with E-state index >= 15 is 0 Å². The summed E-state index contributed by atoms with van der Waals surface area (Å²) in [5, 5.41) is 13.1. The van der Waals surface area contributed by atoms with E-state index in [1.807, 2.05) is 0 Å². The Labute approximate surface area is 175 Å². The number of benzene rings is 2. The zero-order valence-corrected chi connectivity index (χ0v) is 17.0. The van der Waals surface area contributed by atoms with Crippen molar-refractivity contribution in [2.45, 2.75) is 5.03 Å². The third kappa shape index (κ3) is 4.70. The molecule has 1 amide bonds. The van der Waals surface area contributed by atoms with Crippen molar-refractivity contribution in [3.63, 3.8) is 0 Å². The molecule has 0 radical (unpaired) electrons. The SMILES string of the molecule is COc1cc2cc(C#N)c(SCC(=O)Nc3ccc(F)c(Cl)c3)nc2cc1OC. The first kappa shape index (κ1) is 20.7. The van der Waals surface area contributed by atoms with Crippen LogP contribution in [-0.4, -0.2) is 30.9 Å². The molecule has 0 aliphatic rings. The molecule has 2 aromatic carbocycles. The van der Waals surface area contributed by atoms with Gasteiger partial charge in [0.1, 0.15) is 16.9 Å². The topological polar surface area (TPSA) is 84.2 Å². The molecule has 148 valence electrons. The maximum absolute atomic E-state index is 13.2. The third-order valence-corrected chi connectivity index (χ3v) is 5.23. The standard InChI is InChI=1S/C20H15ClFN3O3S/c1-27-17-6-11-5-12(9-23)20(25-16(11)8-18(17)28-2)29-10-19(26)24-13-3-4-15(22)14(21)7-13/h3-8H,10H2,1-2H3,(H,24,26). The van der Waals surface area contributed by atoms with E-state index in [4.69, 9.17) is 21.1 Å². The summed E-state index contributed by atoms with van der Waals surface area (Å²) in [5.41, 5.74) is 1.33. The summed E-state index contributed by atoms with van der Waals surface area (Å²) in [5.74, 6) is 0.151. The molecule has 0 unspecified atom stereocenters. The molecule has 6 nitrogen and oxygen atoms in total. The molecule has 0 saturated carbocycles. The van der Waals surface area contributed by atoms with Crippen LogP contribution in [0.25, 0.3) is 10.9 Å². The first-order valence-electron chi connectivity index (χ1n) is 8.29. The van der Waals surface area contributed by atoms with Crippen molar-refractivity contribution in [2.24, 2.45) is 0 Å². The zero-order chi connectivity index (χ0) is 21.0. The number of anilines is 1. The van der Waals surface area contributed by atoms with Crippen molar-refractivity contribution in [1.82, 2.24) is 4.98 Å². The number of ether oxygens (including phenoxy) is 2. The highest BCUT2D eigenvalue weighted by atomic mass is 35.5. The van der Waals surface area contributed by atoms with Gasteiger partial charge in [0.15, 0.2) is 11.5 Å². The van der Waals surface area contributed by atoms with Crippen molar-refractivity contribution in [2.75, 3.05) is 25.3 Å². The summed E-state index contributed by atoms with van der Waals surface area (Å²) in [4.78, 5) is 16.7. The average Bonchev–Trinajstić information content (AvgIpc) is 2.73. The van der Waals surface area contributed by atoms with E-state index in [1.54, 1.807) is 18.2 Å². The number of amides is 1. The second kappa shape index (κ2) is 8.99. The zero-order valence-electron chi connectivity index (χ0n) is 15.5. The summed E-state index contributed by atoms with van der Waals surface area (Å²) in [6.07, 6.45) is 0. The predicted molar refractivity (Wildman–Crippen MR) is 110 cm³/mol. The molecular formula is C20H15ClFN3O3S. The number of aromatic nitrogens is 1. The highest BCUT2D eigenvalue weighted by Crippen LogP contribution is 2.33. The van der Waals surface area contributed by atoms with Crippen LogP contribution in [0.5, 0.6) is 11.5 Å². The second-order valence-corrected chi connectivity index (χ2v) is 7.19. The minimum absolute atomic E-state index is 0.00940. The molecule has 0 bridgehead atoms. The lowest BCUT2D eigenvalue weighted by Crippen LogP contribution is -2.14. The van der Waals surface area contributed by atoms with E-state index in [9.17, 15) is 14.4 Å². The number of carbonyl (C=O) groups excluding carboxylic acids is 1. The maximum atomic E-state index is 13.2. The Morgan fingerprint density at radius 1 is 1.24 bits per heavy atom. The summed E-state index contributed by atoms with van der Waals surface area (Å²) < 4.78 is 23.8. The van der Waals surface area contributed by atoms with E-state index < -0.39 is 5.82 Å². The fourth-order valence-electron chi connectivity index (χ4n) is 2.58. The molecule has 1 aromatic heterocycles. The van der Waals surface area contributed by atoms with Crippen molar-refractivity contribution < 1.29 is 18.7 Å². The monoisotopic (exact) mass is 431 g/mol. The summed E-state index contributed by atoms with van der Waals surface area (Å²) in [7, 11) is 3.05. The first-order valence-corrected chi connectivity index (χ1v) is 9.66. The number of fused-ring (bicyclic) bond motifs is 1. The Bertz CT molecular complexity index is 1130. The van der Waals surface area contributed by atoms with Crippen LogP contribution in [0.4, 0.5) is 10.1 Å². The number of nitriles is 1. The Kier molecular flexibility index (Phi) is 6.42. The van der Waals surface area contributed by atoms with Crippen LogP contribution < -0.4 is 14.8 Å². The van der Waals surface area contributed by atoms with Gasteiger partial charge in [-0.05, 0) is 30.3 Å². The van der Waals surface area contributed by atoms with Gasteiger partial charge < -0.3 is 14.8 Å². The fraction of sp³-hybridized carbons (Fsp3) is 0.150. The molecule has 0 spiro atoms. The van der Waals surface area contributed by atoms with Crippen molar-refractivity contribution in [3.8, 4) is 17.6 Å². The Balaban J connectivity index is 1.80. The van der Waals surface area contributed by atoms with E-state index in [0.717, 1.165) is 11.8 Å². The second-order valence-electron chi connectivity index (χ2n) is 5.82. The van der Waals surface area contributed by atoms with Crippen LogP contribution in [0, 0.1) is 17.1 Å². The number of carbonyl (C=O) groups is 1. The van der Waals surface area contributed by atoms with Crippen LogP contribution in [0.2, 0.25) is 5.02 Å². The normalized spacial score (nSPS) is 10.4. The van der Waals surface area contributed by atoms with Crippen molar-refractivity contribution >= 4 is 45.9 Å². The van der Waals surface area contributed by atoms with Crippen molar-refractivity contribution in [3.05, 3.63) is 52.8 Å². The third-order valence-electron chi connectivity index (χ3n) is 3.95. The highest BCUT2D eigenvalue weighted by Gasteiger charge is 2.14. The quantitative estimate of drug-likeness (QED) is 0.572. The van der Waals surface area contributed by atoms with Crippen LogP contribution in [-0.2, 0) is 4.79 Å². The largest absolute Gasteiger partial charge is 0.493 e. The van der Waals surface area contributed by atoms with Crippen LogP contribution >= 0.6 is 23.4 Å². The summed E-state index contributed by atoms with van der Waals surface area (Å²) in [6, 6.07) is 11.1. The van der Waals surface area contributed by atoms with Crippen LogP contribution in [0.3, 0.4) is 0 Å². The van der Waals surface area contributed by atoms with Gasteiger partial charge in [-0.25, -0.2) is 9.37 Å². The molecule has 0 saturated heterocycles. The average molecular weight is 432 g/mol. The van der Waals surface area contributed by atoms with E-state index in [0.29, 0.717) is 38.7 Å². The number of pyridine rings is 1. The van der Waals surface area contributed by atoms with Gasteiger partial charge in [0, 0.05) is 17.1 Å². The van der Waals surface area contributed by atoms with Gasteiger partial charge in [0.2, 0.25) is 5.91 Å². The maximum Gasteiger partial charge on any atom is 0.234 e. The van der Waals surface area contributed by atoms with Crippen LogP contribution in [0.1, 0.15) is 5.56 Å². The van der Waals surface area contributed by atoms with Crippen LogP contribution in [0.15, 0.2) is 41.4 Å². The number of hydrogen-bond acceptors (Lipinski definition) is 6. The molecule has 29 heavy (non-hydrogen) atoms. The Morgan fingerprint density at radius 2 is 1.97 bits per heavy atom. The highest BCUT2D eigenvalue weighted by molar-refractivity contribution is 8.00. The predicted octanol–water partition coefficient (Wildman–Crippen LogP) is 4.65. The van der Waals surface area contributed by atoms with E-state index in [1.165, 1.54) is 32.4 Å². The molecule has 0 atom stereocenters. The van der Waals surface area contributed by atoms with E-state index in [-0.39, 0.29) is 16.7 Å². The van der Waals surface area contributed by atoms with E-state index in [2.05, 4.69) is 16.4 Å². The number of thioether (sulfide) groups is 1. The minimum atomic E-state index is -0.565. The number of hydrogen-bond donors (Lipinski definition) is 1. The number of nitrogens with zero attached hydrogens (tertiary/aromatic N) is 2. The van der Waals surface area contributed by atoms with Gasteiger partial charge in [-0.3, -0.25) is 4.79 Å². The molecule has 9 heteroatoms. The van der Waals surface area contributed by atoms with Gasteiger partial charge in [0.05, 0.1) is 36.1 Å². The minimum Gasteiger partial charge on any atom is -0.493 e. The number of halogens is 2.